The van der Waals surface area contributed by atoms with Crippen LogP contribution in [0.1, 0.15) is 32.1 Å². The van der Waals surface area contributed by atoms with Gasteiger partial charge in [0.15, 0.2) is 12.4 Å². The van der Waals surface area contributed by atoms with Crippen molar-refractivity contribution in [1.82, 2.24) is 0 Å². The topological polar surface area (TPSA) is 59.8 Å². The molecule has 4 N–H and O–H groups in total. The van der Waals surface area contributed by atoms with Crippen molar-refractivity contribution in [1.29, 1.82) is 0 Å². The predicted octanol–water partition coefficient (Wildman–Crippen LogP) is 9.00. The van der Waals surface area contributed by atoms with Crippen LogP contribution in [0.5, 0.6) is 0 Å². The van der Waals surface area contributed by atoms with Crippen molar-refractivity contribution in [3.05, 3.63) is 122 Å². The fourth-order valence-electron chi connectivity index (χ4n) is 7.39. The second kappa shape index (κ2) is 11.4. The molecule has 220 valence electrons. The van der Waals surface area contributed by atoms with E-state index in [9.17, 15) is 0 Å². The Kier molecular flexibility index (Phi) is 6.91. The summed E-state index contributed by atoms with van der Waals surface area (Å²) >= 11 is 0. The molecule has 8 aromatic rings. The maximum Gasteiger partial charge on any atom is 0.213 e. The number of rotatable bonds is 8. The van der Waals surface area contributed by atoms with Gasteiger partial charge in [0.05, 0.1) is 21.5 Å². The quantitative estimate of drug-likeness (QED) is 0.0808. The predicted molar refractivity (Wildman–Crippen MR) is 190 cm³/mol. The standard InChI is InChI=1S/C41H36N4/c42-38-24-34-32-18-8-10-20-40(32)44(26-36(34)28-14-4-6-16-30(28)38)22-12-2-1-3-13-23-45-27-37-29-15-5-7-17-31(29)39(43)25-35(37)33-19-9-11-21-41(33)45/h4-11,14-21,24-27,42-43H,1-3,12-13,22-23H2/p+2. The second-order valence-corrected chi connectivity index (χ2v) is 12.4. The highest BCUT2D eigenvalue weighted by Gasteiger charge is 2.18. The van der Waals surface area contributed by atoms with Gasteiger partial charge >= 0.3 is 0 Å². The summed E-state index contributed by atoms with van der Waals surface area (Å²) in [5, 5.41) is 12.2. The van der Waals surface area contributed by atoms with Gasteiger partial charge in [-0.05, 0) is 47.9 Å². The zero-order chi connectivity index (χ0) is 30.3. The van der Waals surface area contributed by atoms with E-state index >= 15 is 0 Å². The first kappa shape index (κ1) is 27.3. The number of nitrogens with two attached hydrogens (primary N) is 2. The molecule has 6 aromatic carbocycles. The van der Waals surface area contributed by atoms with Crippen molar-refractivity contribution in [2.75, 3.05) is 11.5 Å². The maximum atomic E-state index is 6.49. The smallest absolute Gasteiger partial charge is 0.213 e. The molecule has 0 bridgehead atoms. The Hall–Kier alpha value is -5.22. The number of aryl methyl sites for hydroxylation is 2. The normalized spacial score (nSPS) is 11.9. The average Bonchev–Trinajstić information content (AvgIpc) is 3.09. The highest BCUT2D eigenvalue weighted by molar-refractivity contribution is 6.19. The summed E-state index contributed by atoms with van der Waals surface area (Å²) in [5.74, 6) is 0. The van der Waals surface area contributed by atoms with Crippen molar-refractivity contribution >= 4 is 76.3 Å². The van der Waals surface area contributed by atoms with Gasteiger partial charge in [0.2, 0.25) is 11.0 Å². The van der Waals surface area contributed by atoms with E-state index in [1.54, 1.807) is 0 Å². The van der Waals surface area contributed by atoms with E-state index in [2.05, 4.69) is 131 Å². The van der Waals surface area contributed by atoms with Gasteiger partial charge in [0, 0.05) is 57.9 Å². The monoisotopic (exact) mass is 586 g/mol. The molecule has 0 saturated heterocycles. The number of nitrogens with zero attached hydrogens (tertiary/aromatic N) is 2. The first-order valence-electron chi connectivity index (χ1n) is 16.2. The molecule has 0 unspecified atom stereocenters. The average molecular weight is 587 g/mol. The SMILES string of the molecule is Nc1cc2c(c[n+](CCCCCCC[n+]3cc4c5ccccc5c(N)cc4c4ccccc43)c3ccccc23)c2ccccc12. The van der Waals surface area contributed by atoms with E-state index in [0.29, 0.717) is 0 Å². The molecule has 0 aliphatic rings. The van der Waals surface area contributed by atoms with Crippen molar-refractivity contribution in [3.63, 3.8) is 0 Å². The van der Waals surface area contributed by atoms with Crippen molar-refractivity contribution in [2.45, 2.75) is 45.2 Å². The van der Waals surface area contributed by atoms with Crippen LogP contribution in [-0.2, 0) is 13.1 Å². The molecule has 0 atom stereocenters. The first-order valence-corrected chi connectivity index (χ1v) is 16.2. The molecule has 0 radical (unpaired) electrons. The van der Waals surface area contributed by atoms with Crippen LogP contribution in [-0.4, -0.2) is 0 Å². The molecule has 0 amide bonds. The highest BCUT2D eigenvalue weighted by Crippen LogP contribution is 2.34. The zero-order valence-corrected chi connectivity index (χ0v) is 25.5. The van der Waals surface area contributed by atoms with E-state index in [1.807, 2.05) is 0 Å². The van der Waals surface area contributed by atoms with Gasteiger partial charge in [-0.25, -0.2) is 0 Å². The Bertz CT molecular complexity index is 2220. The number of hydrogen-bond acceptors (Lipinski definition) is 2. The summed E-state index contributed by atoms with van der Waals surface area (Å²) in [6.07, 6.45) is 10.7. The summed E-state index contributed by atoms with van der Waals surface area (Å²) < 4.78 is 4.91. The number of para-hydroxylation sites is 2. The third kappa shape index (κ3) is 4.78. The first-order chi connectivity index (χ1) is 22.2. The lowest BCUT2D eigenvalue weighted by atomic mass is 9.98. The Morgan fingerprint density at radius 3 is 1.16 bits per heavy atom. The second-order valence-electron chi connectivity index (χ2n) is 12.4. The number of hydrogen-bond donors (Lipinski definition) is 2. The Morgan fingerprint density at radius 2 is 0.711 bits per heavy atom. The van der Waals surface area contributed by atoms with Gasteiger partial charge in [-0.15, -0.1) is 0 Å². The number of unbranched alkanes of at least 4 members (excludes halogenated alkanes) is 4. The summed E-state index contributed by atoms with van der Waals surface area (Å²) in [5.41, 5.74) is 17.2. The molecule has 4 nitrogen and oxygen atoms in total. The summed E-state index contributed by atoms with van der Waals surface area (Å²) in [4.78, 5) is 0. The molecule has 0 fully saturated rings. The minimum Gasteiger partial charge on any atom is -0.398 e. The Labute approximate surface area is 263 Å². The minimum absolute atomic E-state index is 0.842. The molecule has 2 heterocycles. The minimum atomic E-state index is 0.842. The molecular weight excluding hydrogens is 548 g/mol. The number of fused-ring (bicyclic) bond motifs is 10. The van der Waals surface area contributed by atoms with Gasteiger partial charge in [-0.2, -0.15) is 9.13 Å². The molecule has 0 aliphatic carbocycles. The molecule has 0 aliphatic heterocycles. The van der Waals surface area contributed by atoms with Crippen molar-refractivity contribution in [3.8, 4) is 0 Å². The van der Waals surface area contributed by atoms with Crippen LogP contribution in [0.25, 0.3) is 64.9 Å². The Balaban J connectivity index is 0.983. The number of benzene rings is 6. The largest absolute Gasteiger partial charge is 0.398 e. The van der Waals surface area contributed by atoms with E-state index in [1.165, 1.54) is 73.4 Å². The molecule has 0 saturated carbocycles. The van der Waals surface area contributed by atoms with Gasteiger partial charge in [-0.3, -0.25) is 0 Å². The number of pyridine rings is 2. The van der Waals surface area contributed by atoms with Gasteiger partial charge in [0.1, 0.15) is 13.1 Å². The van der Waals surface area contributed by atoms with E-state index in [-0.39, 0.29) is 0 Å². The third-order valence-electron chi connectivity index (χ3n) is 9.61. The Morgan fingerprint density at radius 1 is 0.356 bits per heavy atom. The third-order valence-corrected chi connectivity index (χ3v) is 9.61. The summed E-state index contributed by atoms with van der Waals surface area (Å²) in [6.45, 7) is 2.02. The molecule has 45 heavy (non-hydrogen) atoms. The van der Waals surface area contributed by atoms with E-state index < -0.39 is 0 Å². The van der Waals surface area contributed by atoms with E-state index in [4.69, 9.17) is 11.5 Å². The summed E-state index contributed by atoms with van der Waals surface area (Å²) in [7, 11) is 0. The van der Waals surface area contributed by atoms with Gasteiger partial charge < -0.3 is 11.5 Å². The molecule has 4 heteroatoms. The van der Waals surface area contributed by atoms with Crippen LogP contribution in [0.3, 0.4) is 0 Å². The van der Waals surface area contributed by atoms with Crippen LogP contribution in [0.15, 0.2) is 122 Å². The zero-order valence-electron chi connectivity index (χ0n) is 25.5. The van der Waals surface area contributed by atoms with Crippen LogP contribution in [0.2, 0.25) is 0 Å². The lowest BCUT2D eigenvalue weighted by molar-refractivity contribution is -0.670. The van der Waals surface area contributed by atoms with Gasteiger partial charge in [-0.1, -0.05) is 79.2 Å². The number of aromatic nitrogens is 2. The lowest BCUT2D eigenvalue weighted by Gasteiger charge is -2.10. The fourth-order valence-corrected chi connectivity index (χ4v) is 7.39. The lowest BCUT2D eigenvalue weighted by Crippen LogP contribution is -2.34. The highest BCUT2D eigenvalue weighted by atomic mass is 14.9. The van der Waals surface area contributed by atoms with Crippen LogP contribution >= 0.6 is 0 Å². The fraction of sp³-hybridized carbons (Fsp3) is 0.171. The van der Waals surface area contributed by atoms with Crippen LogP contribution in [0, 0.1) is 0 Å². The van der Waals surface area contributed by atoms with Crippen LogP contribution < -0.4 is 20.6 Å². The van der Waals surface area contributed by atoms with Crippen molar-refractivity contribution in [2.24, 2.45) is 0 Å². The van der Waals surface area contributed by atoms with Crippen molar-refractivity contribution < 1.29 is 9.13 Å². The summed E-state index contributed by atoms with van der Waals surface area (Å²) in [6, 6.07) is 38.8. The number of nitrogen functional groups attached to an aromatic ring is 2. The molecule has 8 rings (SSSR count). The van der Waals surface area contributed by atoms with Crippen LogP contribution in [0.4, 0.5) is 11.4 Å². The molecular formula is C41H38N4+2. The van der Waals surface area contributed by atoms with Gasteiger partial charge in [0.25, 0.3) is 0 Å². The maximum absolute atomic E-state index is 6.49. The van der Waals surface area contributed by atoms with E-state index in [0.717, 1.165) is 48.1 Å². The molecule has 2 aromatic heterocycles. The molecule has 0 spiro atoms. The number of anilines is 2.